The molecule has 0 aliphatic carbocycles. The lowest BCUT2D eigenvalue weighted by Gasteiger charge is -2.21. The third-order valence-electron chi connectivity index (χ3n) is 6.71. The fourth-order valence-electron chi connectivity index (χ4n) is 4.26. The monoisotopic (exact) mass is 543 g/mol. The van der Waals surface area contributed by atoms with Crippen LogP contribution in [0, 0.1) is 11.8 Å². The van der Waals surface area contributed by atoms with Crippen molar-refractivity contribution in [2.75, 3.05) is 18.5 Å². The summed E-state index contributed by atoms with van der Waals surface area (Å²) in [7, 11) is 0. The molecule has 1 amide bonds. The molecule has 2 aromatic carbocycles. The molecule has 2 rings (SSSR count). The van der Waals surface area contributed by atoms with Gasteiger partial charge >= 0.3 is 5.97 Å². The number of carbonyl (C=O) groups is 3. The number of Topliss-reactive ketones (excluding diaryl/α,β-unsaturated/α-hetero) is 1. The molecule has 208 valence electrons. The average molecular weight is 544 g/mol. The SMILES string of the molecule is CCCCOc1ccc(C(=O)CC(=O)Nc2cc(C(=O)OCC(CC)CC(CC)CCC)ccc2Cl)cc1. The van der Waals surface area contributed by atoms with Crippen molar-refractivity contribution in [2.45, 2.75) is 79.1 Å². The Hall–Kier alpha value is -2.86. The molecule has 0 saturated heterocycles. The maximum absolute atomic E-state index is 12.7. The number of ether oxygens (including phenoxy) is 2. The second kappa shape index (κ2) is 16.9. The summed E-state index contributed by atoms with van der Waals surface area (Å²) in [4.78, 5) is 37.9. The highest BCUT2D eigenvalue weighted by molar-refractivity contribution is 6.34. The summed E-state index contributed by atoms with van der Waals surface area (Å²) in [6, 6.07) is 11.3. The lowest BCUT2D eigenvalue weighted by atomic mass is 9.88. The van der Waals surface area contributed by atoms with Crippen LogP contribution >= 0.6 is 11.6 Å². The summed E-state index contributed by atoms with van der Waals surface area (Å²) in [6.45, 7) is 9.58. The Bertz CT molecular complexity index is 1040. The smallest absolute Gasteiger partial charge is 0.338 e. The van der Waals surface area contributed by atoms with Crippen LogP contribution in [0.1, 0.15) is 99.8 Å². The van der Waals surface area contributed by atoms with Gasteiger partial charge in [0, 0.05) is 5.56 Å². The first kappa shape index (κ1) is 31.4. The Balaban J connectivity index is 1.94. The standard InChI is InChI=1S/C31H42ClNO5/c1-5-9-17-37-26-14-11-24(12-15-26)29(34)20-30(35)33-28-19-25(13-16-27(28)32)31(36)38-21-23(8-4)18-22(7-3)10-6-2/h11-16,19,22-23H,5-10,17-18,20-21H2,1-4H3,(H,33,35). The molecule has 0 aliphatic rings. The van der Waals surface area contributed by atoms with E-state index in [0.29, 0.717) is 41.9 Å². The van der Waals surface area contributed by atoms with Crippen molar-refractivity contribution in [3.8, 4) is 5.75 Å². The third kappa shape index (κ3) is 10.5. The normalized spacial score (nSPS) is 12.4. The van der Waals surface area contributed by atoms with Crippen molar-refractivity contribution in [3.05, 3.63) is 58.6 Å². The van der Waals surface area contributed by atoms with Gasteiger partial charge < -0.3 is 14.8 Å². The molecule has 0 radical (unpaired) electrons. The van der Waals surface area contributed by atoms with Crippen molar-refractivity contribution >= 4 is 34.9 Å². The average Bonchev–Trinajstić information content (AvgIpc) is 2.91. The van der Waals surface area contributed by atoms with Crippen LogP contribution < -0.4 is 10.1 Å². The number of anilines is 1. The predicted molar refractivity (Wildman–Crippen MR) is 153 cm³/mol. The number of benzene rings is 2. The van der Waals surface area contributed by atoms with Gasteiger partial charge in [0.15, 0.2) is 5.78 Å². The van der Waals surface area contributed by atoms with E-state index in [4.69, 9.17) is 21.1 Å². The minimum Gasteiger partial charge on any atom is -0.494 e. The zero-order chi connectivity index (χ0) is 27.9. The van der Waals surface area contributed by atoms with Gasteiger partial charge in [-0.3, -0.25) is 9.59 Å². The maximum Gasteiger partial charge on any atom is 0.338 e. The van der Waals surface area contributed by atoms with Crippen LogP contribution in [0.2, 0.25) is 5.02 Å². The quantitative estimate of drug-likeness (QED) is 0.0942. The molecule has 6 nitrogen and oxygen atoms in total. The molecule has 0 aromatic heterocycles. The van der Waals surface area contributed by atoms with Crippen molar-refractivity contribution in [1.82, 2.24) is 0 Å². The van der Waals surface area contributed by atoms with Gasteiger partial charge in [-0.1, -0.05) is 71.4 Å². The van der Waals surface area contributed by atoms with E-state index in [1.165, 1.54) is 12.5 Å². The van der Waals surface area contributed by atoms with Crippen LogP contribution in [0.4, 0.5) is 5.69 Å². The van der Waals surface area contributed by atoms with E-state index in [0.717, 1.165) is 38.5 Å². The molecule has 0 bridgehead atoms. The number of carbonyl (C=O) groups excluding carboxylic acids is 3. The Morgan fingerprint density at radius 3 is 2.21 bits per heavy atom. The summed E-state index contributed by atoms with van der Waals surface area (Å²) in [5, 5.41) is 2.92. The van der Waals surface area contributed by atoms with E-state index >= 15 is 0 Å². The molecule has 0 aliphatic heterocycles. The highest BCUT2D eigenvalue weighted by atomic mass is 35.5. The second-order valence-corrected chi connectivity index (χ2v) is 10.1. The van der Waals surface area contributed by atoms with Crippen LogP contribution in [0.3, 0.4) is 0 Å². The van der Waals surface area contributed by atoms with E-state index < -0.39 is 11.9 Å². The number of esters is 1. The van der Waals surface area contributed by atoms with Gasteiger partial charge in [0.1, 0.15) is 5.75 Å². The number of nitrogens with one attached hydrogen (secondary N) is 1. The fraction of sp³-hybridized carbons (Fsp3) is 0.516. The first-order chi connectivity index (χ1) is 18.3. The number of halogens is 1. The molecule has 0 heterocycles. The predicted octanol–water partition coefficient (Wildman–Crippen LogP) is 8.13. The van der Waals surface area contributed by atoms with Crippen LogP contribution in [-0.4, -0.2) is 30.9 Å². The molecule has 1 N–H and O–H groups in total. The Labute approximate surface area is 232 Å². The highest BCUT2D eigenvalue weighted by Gasteiger charge is 2.18. The van der Waals surface area contributed by atoms with Crippen LogP contribution in [-0.2, 0) is 9.53 Å². The lowest BCUT2D eigenvalue weighted by molar-refractivity contribution is -0.115. The zero-order valence-electron chi connectivity index (χ0n) is 23.2. The van der Waals surface area contributed by atoms with Crippen LogP contribution in [0.25, 0.3) is 0 Å². The fourth-order valence-corrected chi connectivity index (χ4v) is 4.42. The first-order valence-corrected chi connectivity index (χ1v) is 14.2. The molecule has 2 aromatic rings. The first-order valence-electron chi connectivity index (χ1n) is 13.8. The number of rotatable bonds is 17. The Kier molecular flexibility index (Phi) is 13.9. The van der Waals surface area contributed by atoms with E-state index in [1.54, 1.807) is 36.4 Å². The minimum atomic E-state index is -0.515. The molecule has 38 heavy (non-hydrogen) atoms. The van der Waals surface area contributed by atoms with E-state index in [9.17, 15) is 14.4 Å². The highest BCUT2D eigenvalue weighted by Crippen LogP contribution is 2.26. The van der Waals surface area contributed by atoms with Crippen molar-refractivity contribution < 1.29 is 23.9 Å². The van der Waals surface area contributed by atoms with Gasteiger partial charge in [0.05, 0.1) is 35.9 Å². The Morgan fingerprint density at radius 1 is 0.895 bits per heavy atom. The summed E-state index contributed by atoms with van der Waals surface area (Å²) in [5.74, 6) is 0.333. The van der Waals surface area contributed by atoms with Crippen molar-refractivity contribution in [2.24, 2.45) is 11.8 Å². The second-order valence-electron chi connectivity index (χ2n) is 9.74. The van der Waals surface area contributed by atoms with Crippen LogP contribution in [0.15, 0.2) is 42.5 Å². The van der Waals surface area contributed by atoms with Gasteiger partial charge in [-0.15, -0.1) is 0 Å². The van der Waals surface area contributed by atoms with Crippen LogP contribution in [0.5, 0.6) is 5.75 Å². The van der Waals surface area contributed by atoms with E-state index in [2.05, 4.69) is 33.0 Å². The molecular weight excluding hydrogens is 502 g/mol. The van der Waals surface area contributed by atoms with E-state index in [-0.39, 0.29) is 22.9 Å². The van der Waals surface area contributed by atoms with Gasteiger partial charge in [-0.25, -0.2) is 4.79 Å². The molecular formula is C31H42ClNO5. The molecule has 7 heteroatoms. The summed E-state index contributed by atoms with van der Waals surface area (Å²) in [6.07, 6.45) is 7.09. The maximum atomic E-state index is 12.7. The molecule has 0 spiro atoms. The molecule has 2 atom stereocenters. The number of hydrogen-bond donors (Lipinski definition) is 1. The number of ketones is 1. The lowest BCUT2D eigenvalue weighted by Crippen LogP contribution is -2.18. The third-order valence-corrected chi connectivity index (χ3v) is 7.04. The minimum absolute atomic E-state index is 0.264. The molecule has 2 unspecified atom stereocenters. The largest absolute Gasteiger partial charge is 0.494 e. The van der Waals surface area contributed by atoms with Gasteiger partial charge in [0.25, 0.3) is 0 Å². The van der Waals surface area contributed by atoms with E-state index in [1.807, 2.05) is 0 Å². The van der Waals surface area contributed by atoms with Gasteiger partial charge in [0.2, 0.25) is 5.91 Å². The van der Waals surface area contributed by atoms with Gasteiger partial charge in [-0.05, 0) is 67.1 Å². The summed E-state index contributed by atoms with van der Waals surface area (Å²) >= 11 is 6.26. The van der Waals surface area contributed by atoms with Crippen molar-refractivity contribution in [3.63, 3.8) is 0 Å². The topological polar surface area (TPSA) is 81.7 Å². The number of hydrogen-bond acceptors (Lipinski definition) is 5. The van der Waals surface area contributed by atoms with Crippen molar-refractivity contribution in [1.29, 1.82) is 0 Å². The number of amides is 1. The Morgan fingerprint density at radius 2 is 1.58 bits per heavy atom. The molecule has 0 fully saturated rings. The summed E-state index contributed by atoms with van der Waals surface area (Å²) in [5.41, 5.74) is 0.978. The molecule has 0 saturated carbocycles. The summed E-state index contributed by atoms with van der Waals surface area (Å²) < 4.78 is 11.2. The number of unbranched alkanes of at least 4 members (excludes halogenated alkanes) is 1. The zero-order valence-corrected chi connectivity index (χ0v) is 23.9. The van der Waals surface area contributed by atoms with Gasteiger partial charge in [-0.2, -0.15) is 0 Å².